The van der Waals surface area contributed by atoms with Crippen LogP contribution in [-0.4, -0.2) is 22.6 Å². The third-order valence-corrected chi connectivity index (χ3v) is 4.84. The van der Waals surface area contributed by atoms with E-state index in [1.165, 1.54) is 49.7 Å². The molecule has 2 nitrogen and oxygen atoms in total. The number of para-hydroxylation sites is 1. The molecule has 1 atom stereocenters. The maximum Gasteiger partial charge on any atom is 0.0503 e. The second kappa shape index (κ2) is 3.86. The lowest BCUT2D eigenvalue weighted by atomic mass is 9.91. The van der Waals surface area contributed by atoms with Crippen molar-refractivity contribution >= 4 is 10.9 Å². The highest BCUT2D eigenvalue weighted by molar-refractivity contribution is 5.86. The van der Waals surface area contributed by atoms with E-state index in [0.717, 1.165) is 0 Å². The molecule has 0 spiro atoms. The Balaban J connectivity index is 1.96. The van der Waals surface area contributed by atoms with Gasteiger partial charge >= 0.3 is 0 Å². The standard InChI is InChI=1S/C16H20N2/c1-17-14-7-3-2-6-12(14)13-9-11-18-10-5-4-8-15(18)16(13)17/h2-3,6-7,15H,4-5,8-11H2,1H3. The van der Waals surface area contributed by atoms with Crippen LogP contribution in [0.25, 0.3) is 10.9 Å². The van der Waals surface area contributed by atoms with Gasteiger partial charge in [0.15, 0.2) is 0 Å². The number of piperidine rings is 1. The fourth-order valence-corrected chi connectivity index (χ4v) is 4.00. The van der Waals surface area contributed by atoms with Crippen molar-refractivity contribution in [3.63, 3.8) is 0 Å². The molecule has 0 bridgehead atoms. The summed E-state index contributed by atoms with van der Waals surface area (Å²) in [5.74, 6) is 0. The first-order valence-corrected chi connectivity index (χ1v) is 7.16. The minimum atomic E-state index is 0.680. The largest absolute Gasteiger partial charge is 0.346 e. The van der Waals surface area contributed by atoms with Crippen molar-refractivity contribution in [1.82, 2.24) is 9.47 Å². The predicted molar refractivity (Wildman–Crippen MR) is 74.8 cm³/mol. The molecule has 1 aromatic heterocycles. The van der Waals surface area contributed by atoms with Crippen LogP contribution in [0.5, 0.6) is 0 Å². The summed E-state index contributed by atoms with van der Waals surface area (Å²) in [5.41, 5.74) is 4.63. The minimum absolute atomic E-state index is 0.680. The summed E-state index contributed by atoms with van der Waals surface area (Å²) in [6.07, 6.45) is 5.35. The van der Waals surface area contributed by atoms with Gasteiger partial charge in [-0.3, -0.25) is 4.90 Å². The Kier molecular flexibility index (Phi) is 2.28. The number of benzene rings is 1. The van der Waals surface area contributed by atoms with E-state index in [1.807, 2.05) is 0 Å². The van der Waals surface area contributed by atoms with Crippen LogP contribution in [0.15, 0.2) is 24.3 Å². The summed E-state index contributed by atoms with van der Waals surface area (Å²) in [6, 6.07) is 9.58. The number of fused-ring (bicyclic) bond motifs is 5. The number of hydrogen-bond acceptors (Lipinski definition) is 1. The molecule has 0 radical (unpaired) electrons. The Labute approximate surface area is 108 Å². The maximum atomic E-state index is 2.70. The zero-order valence-corrected chi connectivity index (χ0v) is 11.0. The second-order valence-corrected chi connectivity index (χ2v) is 5.74. The normalized spacial score (nSPS) is 23.9. The van der Waals surface area contributed by atoms with E-state index in [1.54, 1.807) is 11.3 Å². The van der Waals surface area contributed by atoms with Crippen molar-refractivity contribution < 1.29 is 0 Å². The molecule has 3 heterocycles. The maximum absolute atomic E-state index is 2.70. The van der Waals surface area contributed by atoms with Crippen LogP contribution >= 0.6 is 0 Å². The van der Waals surface area contributed by atoms with Gasteiger partial charge in [0.25, 0.3) is 0 Å². The second-order valence-electron chi connectivity index (χ2n) is 5.74. The molecule has 94 valence electrons. The molecule has 2 aliphatic rings. The molecule has 0 amide bonds. The average molecular weight is 240 g/mol. The number of rotatable bonds is 0. The molecule has 1 saturated heterocycles. The number of nitrogens with zero attached hydrogens (tertiary/aromatic N) is 2. The van der Waals surface area contributed by atoms with Gasteiger partial charge in [-0.15, -0.1) is 0 Å². The van der Waals surface area contributed by atoms with Crippen LogP contribution in [0.3, 0.4) is 0 Å². The molecule has 1 unspecified atom stereocenters. The first-order chi connectivity index (χ1) is 8.86. The van der Waals surface area contributed by atoms with Crippen LogP contribution in [0.1, 0.15) is 36.6 Å². The van der Waals surface area contributed by atoms with Gasteiger partial charge in [-0.25, -0.2) is 0 Å². The molecular formula is C16H20N2. The molecule has 18 heavy (non-hydrogen) atoms. The van der Waals surface area contributed by atoms with E-state index in [0.29, 0.717) is 6.04 Å². The van der Waals surface area contributed by atoms with Crippen LogP contribution < -0.4 is 0 Å². The third kappa shape index (κ3) is 1.33. The van der Waals surface area contributed by atoms with E-state index in [2.05, 4.69) is 40.8 Å². The summed E-state index contributed by atoms with van der Waals surface area (Å²) in [5, 5.41) is 1.49. The Morgan fingerprint density at radius 3 is 2.94 bits per heavy atom. The van der Waals surface area contributed by atoms with Crippen LogP contribution in [-0.2, 0) is 13.5 Å². The summed E-state index contributed by atoms with van der Waals surface area (Å²) < 4.78 is 2.45. The quantitative estimate of drug-likeness (QED) is 0.686. The Hall–Kier alpha value is -1.28. The fourth-order valence-electron chi connectivity index (χ4n) is 4.00. The van der Waals surface area contributed by atoms with E-state index >= 15 is 0 Å². The highest BCUT2D eigenvalue weighted by Crippen LogP contribution is 2.40. The van der Waals surface area contributed by atoms with Crippen molar-refractivity contribution in [2.75, 3.05) is 13.1 Å². The van der Waals surface area contributed by atoms with Gasteiger partial charge in [-0.05, 0) is 37.4 Å². The van der Waals surface area contributed by atoms with E-state index in [9.17, 15) is 0 Å². The SMILES string of the molecule is Cn1c2c(c3ccccc31)CCN1CCCCC21. The molecule has 2 aromatic rings. The zero-order chi connectivity index (χ0) is 12.1. The molecule has 0 saturated carbocycles. The van der Waals surface area contributed by atoms with Gasteiger partial charge in [0.05, 0.1) is 6.04 Å². The Morgan fingerprint density at radius 1 is 1.11 bits per heavy atom. The van der Waals surface area contributed by atoms with Gasteiger partial charge in [0, 0.05) is 30.2 Å². The first kappa shape index (κ1) is 10.6. The van der Waals surface area contributed by atoms with Crippen molar-refractivity contribution in [1.29, 1.82) is 0 Å². The van der Waals surface area contributed by atoms with E-state index in [4.69, 9.17) is 0 Å². The van der Waals surface area contributed by atoms with Gasteiger partial charge in [-0.2, -0.15) is 0 Å². The predicted octanol–water partition coefficient (Wildman–Crippen LogP) is 3.26. The minimum Gasteiger partial charge on any atom is -0.346 e. The highest BCUT2D eigenvalue weighted by atomic mass is 15.2. The van der Waals surface area contributed by atoms with Crippen LogP contribution in [0.2, 0.25) is 0 Å². The lowest BCUT2D eigenvalue weighted by Crippen LogP contribution is -2.39. The zero-order valence-electron chi connectivity index (χ0n) is 11.0. The first-order valence-electron chi connectivity index (χ1n) is 7.16. The Morgan fingerprint density at radius 2 is 2.00 bits per heavy atom. The van der Waals surface area contributed by atoms with Crippen molar-refractivity contribution in [3.8, 4) is 0 Å². The summed E-state index contributed by atoms with van der Waals surface area (Å²) >= 11 is 0. The molecule has 1 aromatic carbocycles. The van der Waals surface area contributed by atoms with Gasteiger partial charge in [0.1, 0.15) is 0 Å². The van der Waals surface area contributed by atoms with E-state index < -0.39 is 0 Å². The van der Waals surface area contributed by atoms with Crippen molar-refractivity contribution in [2.24, 2.45) is 7.05 Å². The van der Waals surface area contributed by atoms with E-state index in [-0.39, 0.29) is 0 Å². The highest BCUT2D eigenvalue weighted by Gasteiger charge is 2.33. The molecular weight excluding hydrogens is 220 g/mol. The monoisotopic (exact) mass is 240 g/mol. The summed E-state index contributed by atoms with van der Waals surface area (Å²) in [7, 11) is 2.25. The molecule has 2 heteroatoms. The van der Waals surface area contributed by atoms with Gasteiger partial charge < -0.3 is 4.57 Å². The Bertz CT molecular complexity index is 596. The van der Waals surface area contributed by atoms with Crippen LogP contribution in [0, 0.1) is 0 Å². The third-order valence-electron chi connectivity index (χ3n) is 4.84. The number of aromatic nitrogens is 1. The van der Waals surface area contributed by atoms with Crippen molar-refractivity contribution in [3.05, 3.63) is 35.5 Å². The molecule has 0 N–H and O–H groups in total. The lowest BCUT2D eigenvalue weighted by Gasteiger charge is -2.40. The number of hydrogen-bond donors (Lipinski definition) is 0. The molecule has 0 aliphatic carbocycles. The smallest absolute Gasteiger partial charge is 0.0503 e. The van der Waals surface area contributed by atoms with Crippen LogP contribution in [0.4, 0.5) is 0 Å². The van der Waals surface area contributed by atoms with Gasteiger partial charge in [0.2, 0.25) is 0 Å². The molecule has 2 aliphatic heterocycles. The van der Waals surface area contributed by atoms with Crippen molar-refractivity contribution in [2.45, 2.75) is 31.7 Å². The molecule has 4 rings (SSSR count). The average Bonchev–Trinajstić information content (AvgIpc) is 2.73. The lowest BCUT2D eigenvalue weighted by molar-refractivity contribution is 0.133. The summed E-state index contributed by atoms with van der Waals surface area (Å²) in [4.78, 5) is 2.70. The summed E-state index contributed by atoms with van der Waals surface area (Å²) in [6.45, 7) is 2.55. The number of aryl methyl sites for hydroxylation is 1. The topological polar surface area (TPSA) is 8.17 Å². The molecule has 1 fully saturated rings. The fraction of sp³-hybridized carbons (Fsp3) is 0.500. The van der Waals surface area contributed by atoms with Gasteiger partial charge in [-0.1, -0.05) is 24.6 Å².